The van der Waals surface area contributed by atoms with Crippen molar-refractivity contribution < 1.29 is 4.74 Å². The Labute approximate surface area is 132 Å². The van der Waals surface area contributed by atoms with Gasteiger partial charge in [0, 0.05) is 23.4 Å². The molecular formula is C14H17BrClN3O. The van der Waals surface area contributed by atoms with Crippen molar-refractivity contribution in [2.75, 3.05) is 24.7 Å². The van der Waals surface area contributed by atoms with Gasteiger partial charge in [0.15, 0.2) is 5.96 Å². The fourth-order valence-electron chi connectivity index (χ4n) is 3.02. The summed E-state index contributed by atoms with van der Waals surface area (Å²) >= 11 is 9.56. The van der Waals surface area contributed by atoms with E-state index in [1.165, 1.54) is 0 Å². The number of nitrogens with zero attached hydrogens (tertiary/aromatic N) is 2. The number of halogens is 2. The second-order valence-corrected chi connectivity index (χ2v) is 6.56. The zero-order valence-corrected chi connectivity index (χ0v) is 13.5. The van der Waals surface area contributed by atoms with Crippen LogP contribution in [0.2, 0.25) is 5.02 Å². The van der Waals surface area contributed by atoms with E-state index in [0.29, 0.717) is 11.0 Å². The lowest BCUT2D eigenvalue weighted by atomic mass is 9.89. The van der Waals surface area contributed by atoms with E-state index in [9.17, 15) is 0 Å². The molecule has 0 amide bonds. The van der Waals surface area contributed by atoms with E-state index in [-0.39, 0.29) is 5.54 Å². The Bertz CT molecular complexity index is 541. The Morgan fingerprint density at radius 1 is 1.35 bits per heavy atom. The van der Waals surface area contributed by atoms with Gasteiger partial charge in [0.1, 0.15) is 0 Å². The van der Waals surface area contributed by atoms with Crippen LogP contribution in [0.25, 0.3) is 0 Å². The number of hydrogen-bond acceptors (Lipinski definition) is 4. The summed E-state index contributed by atoms with van der Waals surface area (Å²) in [6.45, 7) is 2.32. The molecule has 6 heteroatoms. The number of anilines is 1. The lowest BCUT2D eigenvalue weighted by Crippen LogP contribution is -2.52. The summed E-state index contributed by atoms with van der Waals surface area (Å²) in [6.07, 6.45) is 3.02. The van der Waals surface area contributed by atoms with Crippen molar-refractivity contribution in [3.8, 4) is 0 Å². The standard InChI is InChI=1S/C14H17BrClN3O/c15-11-8-10(2-3-12(11)16)19-13(17)18-9-14(19)4-1-6-20-7-5-14/h2-3,8H,1,4-7,9H2,(H2,17,18). The van der Waals surface area contributed by atoms with Crippen LogP contribution >= 0.6 is 27.5 Å². The van der Waals surface area contributed by atoms with Gasteiger partial charge in [-0.25, -0.2) is 0 Å². The number of rotatable bonds is 1. The van der Waals surface area contributed by atoms with Crippen molar-refractivity contribution in [2.24, 2.45) is 10.7 Å². The molecule has 2 N–H and O–H groups in total. The maximum atomic E-state index is 6.14. The fourth-order valence-corrected chi connectivity index (χ4v) is 3.50. The van der Waals surface area contributed by atoms with Gasteiger partial charge in [-0.3, -0.25) is 4.99 Å². The lowest BCUT2D eigenvalue weighted by molar-refractivity contribution is 0.140. The predicted molar refractivity (Wildman–Crippen MR) is 85.5 cm³/mol. The topological polar surface area (TPSA) is 50.9 Å². The molecular weight excluding hydrogens is 342 g/mol. The summed E-state index contributed by atoms with van der Waals surface area (Å²) in [5, 5.41) is 0.696. The molecule has 0 aromatic heterocycles. The largest absolute Gasteiger partial charge is 0.381 e. The average molecular weight is 359 g/mol. The second kappa shape index (κ2) is 5.54. The van der Waals surface area contributed by atoms with Crippen molar-refractivity contribution in [2.45, 2.75) is 24.8 Å². The van der Waals surface area contributed by atoms with Gasteiger partial charge in [-0.1, -0.05) is 11.6 Å². The molecule has 2 heterocycles. The van der Waals surface area contributed by atoms with E-state index in [2.05, 4.69) is 25.8 Å². The number of guanidine groups is 1. The minimum atomic E-state index is -0.0478. The van der Waals surface area contributed by atoms with Gasteiger partial charge in [-0.05, 0) is 53.4 Å². The van der Waals surface area contributed by atoms with E-state index < -0.39 is 0 Å². The number of nitrogens with two attached hydrogens (primary N) is 1. The van der Waals surface area contributed by atoms with Gasteiger partial charge >= 0.3 is 0 Å². The molecule has 2 aliphatic rings. The van der Waals surface area contributed by atoms with Crippen LogP contribution < -0.4 is 10.6 Å². The van der Waals surface area contributed by atoms with Gasteiger partial charge < -0.3 is 15.4 Å². The van der Waals surface area contributed by atoms with Gasteiger partial charge in [-0.15, -0.1) is 0 Å². The van der Waals surface area contributed by atoms with Crippen LogP contribution in [0.15, 0.2) is 27.7 Å². The monoisotopic (exact) mass is 357 g/mol. The van der Waals surface area contributed by atoms with Crippen molar-refractivity contribution in [3.05, 3.63) is 27.7 Å². The highest BCUT2D eigenvalue weighted by atomic mass is 79.9. The van der Waals surface area contributed by atoms with Gasteiger partial charge in [0.05, 0.1) is 17.1 Å². The average Bonchev–Trinajstić information content (AvgIpc) is 2.62. The number of hydrogen-bond donors (Lipinski definition) is 1. The van der Waals surface area contributed by atoms with E-state index >= 15 is 0 Å². The Morgan fingerprint density at radius 3 is 3.00 bits per heavy atom. The van der Waals surface area contributed by atoms with Crippen molar-refractivity contribution in [1.29, 1.82) is 0 Å². The predicted octanol–water partition coefficient (Wildman–Crippen LogP) is 3.18. The maximum absolute atomic E-state index is 6.14. The third kappa shape index (κ3) is 2.43. The summed E-state index contributed by atoms with van der Waals surface area (Å²) in [7, 11) is 0. The summed E-state index contributed by atoms with van der Waals surface area (Å²) in [5.74, 6) is 0.584. The van der Waals surface area contributed by atoms with Crippen molar-refractivity contribution >= 4 is 39.2 Å². The molecule has 1 fully saturated rings. The molecule has 1 spiro atoms. The maximum Gasteiger partial charge on any atom is 0.196 e. The van der Waals surface area contributed by atoms with Crippen LogP contribution in [-0.2, 0) is 4.74 Å². The molecule has 1 saturated heterocycles. The summed E-state index contributed by atoms with van der Waals surface area (Å²) < 4.78 is 6.47. The molecule has 20 heavy (non-hydrogen) atoms. The number of ether oxygens (including phenoxy) is 1. The molecule has 0 bridgehead atoms. The molecule has 4 nitrogen and oxygen atoms in total. The number of benzene rings is 1. The van der Waals surface area contributed by atoms with Gasteiger partial charge in [0.2, 0.25) is 0 Å². The molecule has 1 unspecified atom stereocenters. The molecule has 1 atom stereocenters. The third-order valence-corrected chi connectivity index (χ3v) is 5.26. The van der Waals surface area contributed by atoms with E-state index in [0.717, 1.165) is 49.2 Å². The second-order valence-electron chi connectivity index (χ2n) is 5.30. The highest BCUT2D eigenvalue weighted by Crippen LogP contribution is 2.38. The van der Waals surface area contributed by atoms with E-state index in [4.69, 9.17) is 22.1 Å². The zero-order chi connectivity index (χ0) is 14.2. The Balaban J connectivity index is 1.98. The highest BCUT2D eigenvalue weighted by Gasteiger charge is 2.43. The molecule has 0 aliphatic carbocycles. The highest BCUT2D eigenvalue weighted by molar-refractivity contribution is 9.10. The number of aliphatic imine (C=N–C) groups is 1. The molecule has 1 aromatic rings. The summed E-state index contributed by atoms with van der Waals surface area (Å²) in [6, 6.07) is 5.88. The normalized spacial score (nSPS) is 26.7. The quantitative estimate of drug-likeness (QED) is 0.839. The SMILES string of the molecule is NC1=NCC2(CCCOCC2)N1c1ccc(Cl)c(Br)c1. The first-order valence-electron chi connectivity index (χ1n) is 6.75. The molecule has 3 rings (SSSR count). The smallest absolute Gasteiger partial charge is 0.196 e. The molecule has 0 radical (unpaired) electrons. The van der Waals surface area contributed by atoms with Crippen molar-refractivity contribution in [1.82, 2.24) is 0 Å². The molecule has 2 aliphatic heterocycles. The Morgan fingerprint density at radius 2 is 2.20 bits per heavy atom. The van der Waals surface area contributed by atoms with E-state index in [1.807, 2.05) is 18.2 Å². The molecule has 108 valence electrons. The zero-order valence-electron chi connectivity index (χ0n) is 11.1. The molecule has 0 saturated carbocycles. The third-order valence-electron chi connectivity index (χ3n) is 4.04. The van der Waals surface area contributed by atoms with Gasteiger partial charge in [0.25, 0.3) is 0 Å². The Hall–Kier alpha value is -0.780. The van der Waals surface area contributed by atoms with E-state index in [1.54, 1.807) is 0 Å². The first kappa shape index (κ1) is 14.2. The van der Waals surface area contributed by atoms with Crippen LogP contribution in [0.4, 0.5) is 5.69 Å². The van der Waals surface area contributed by atoms with Crippen LogP contribution in [0.1, 0.15) is 19.3 Å². The molecule has 1 aromatic carbocycles. The first-order chi connectivity index (χ1) is 9.62. The first-order valence-corrected chi connectivity index (χ1v) is 7.92. The fraction of sp³-hybridized carbons (Fsp3) is 0.500. The minimum Gasteiger partial charge on any atom is -0.381 e. The summed E-state index contributed by atoms with van der Waals surface area (Å²) in [4.78, 5) is 6.64. The Kier molecular flexibility index (Phi) is 3.93. The van der Waals surface area contributed by atoms with Crippen molar-refractivity contribution in [3.63, 3.8) is 0 Å². The van der Waals surface area contributed by atoms with Crippen LogP contribution in [0, 0.1) is 0 Å². The summed E-state index contributed by atoms with van der Waals surface area (Å²) in [5.41, 5.74) is 7.12. The minimum absolute atomic E-state index is 0.0478. The van der Waals surface area contributed by atoms with Crippen LogP contribution in [0.3, 0.4) is 0 Å². The van der Waals surface area contributed by atoms with Crippen LogP contribution in [0.5, 0.6) is 0 Å². The van der Waals surface area contributed by atoms with Gasteiger partial charge in [-0.2, -0.15) is 0 Å². The lowest BCUT2D eigenvalue weighted by Gasteiger charge is -2.38. The van der Waals surface area contributed by atoms with Crippen LogP contribution in [-0.4, -0.2) is 31.3 Å².